The van der Waals surface area contributed by atoms with Gasteiger partial charge in [0.05, 0.1) is 0 Å². The van der Waals surface area contributed by atoms with Crippen molar-refractivity contribution in [2.45, 2.75) is 18.9 Å². The number of alkyl halides is 2. The molecule has 1 saturated heterocycles. The van der Waals surface area contributed by atoms with Crippen molar-refractivity contribution in [3.8, 4) is 0 Å². The predicted octanol–water partition coefficient (Wildman–Crippen LogP) is 0.705. The molecular formula is C7H9F2NO4. The molecule has 7 heteroatoms. The lowest BCUT2D eigenvalue weighted by Crippen LogP contribution is -2.39. The number of nitrogens with zero attached hydrogens (tertiary/aromatic N) is 1. The van der Waals surface area contributed by atoms with Crippen LogP contribution in [0.3, 0.4) is 0 Å². The molecular weight excluding hydrogens is 200 g/mol. The summed E-state index contributed by atoms with van der Waals surface area (Å²) in [6.07, 6.45) is -4.47. The van der Waals surface area contributed by atoms with Crippen LogP contribution in [0, 0.1) is 5.92 Å². The van der Waals surface area contributed by atoms with E-state index in [4.69, 9.17) is 10.2 Å². The average molecular weight is 209 g/mol. The van der Waals surface area contributed by atoms with Crippen LogP contribution in [-0.2, 0) is 4.79 Å². The maximum Gasteiger partial charge on any atom is 0.408 e. The summed E-state index contributed by atoms with van der Waals surface area (Å²) in [5.74, 6) is -2.55. The molecule has 0 radical (unpaired) electrons. The fourth-order valence-electron chi connectivity index (χ4n) is 1.50. The van der Waals surface area contributed by atoms with Crippen molar-refractivity contribution in [3.05, 3.63) is 0 Å². The molecule has 0 aliphatic carbocycles. The monoisotopic (exact) mass is 209 g/mol. The Kier molecular flexibility index (Phi) is 2.87. The zero-order chi connectivity index (χ0) is 10.9. The van der Waals surface area contributed by atoms with Crippen LogP contribution in [0.5, 0.6) is 0 Å². The maximum atomic E-state index is 12.2. The van der Waals surface area contributed by atoms with Crippen LogP contribution < -0.4 is 0 Å². The van der Waals surface area contributed by atoms with E-state index in [1.165, 1.54) is 0 Å². The van der Waals surface area contributed by atoms with Crippen LogP contribution >= 0.6 is 0 Å². The smallest absolute Gasteiger partial charge is 0.408 e. The van der Waals surface area contributed by atoms with Crippen molar-refractivity contribution in [2.24, 2.45) is 5.92 Å². The number of carboxylic acids is 1. The Morgan fingerprint density at radius 1 is 1.36 bits per heavy atom. The van der Waals surface area contributed by atoms with E-state index < -0.39 is 37.0 Å². The van der Waals surface area contributed by atoms with Gasteiger partial charge in [0, 0.05) is 12.5 Å². The van der Waals surface area contributed by atoms with Gasteiger partial charge >= 0.3 is 12.1 Å². The van der Waals surface area contributed by atoms with E-state index in [1.807, 2.05) is 0 Å². The van der Waals surface area contributed by atoms with E-state index in [0.717, 1.165) is 0 Å². The minimum Gasteiger partial charge on any atom is -0.480 e. The van der Waals surface area contributed by atoms with Gasteiger partial charge in [-0.2, -0.15) is 0 Å². The fourth-order valence-corrected chi connectivity index (χ4v) is 1.50. The first-order valence-corrected chi connectivity index (χ1v) is 3.94. The highest BCUT2D eigenvalue weighted by atomic mass is 19.3. The first-order chi connectivity index (χ1) is 6.43. The SMILES string of the molecule is O=C(O)[C@@H]1C[C@H](C(F)F)CN1C(=O)O. The molecule has 2 atom stereocenters. The van der Waals surface area contributed by atoms with Gasteiger partial charge in [0.1, 0.15) is 6.04 Å². The van der Waals surface area contributed by atoms with E-state index in [-0.39, 0.29) is 6.42 Å². The van der Waals surface area contributed by atoms with Gasteiger partial charge < -0.3 is 10.2 Å². The van der Waals surface area contributed by atoms with Gasteiger partial charge in [-0.1, -0.05) is 0 Å². The molecule has 1 aliphatic rings. The summed E-state index contributed by atoms with van der Waals surface area (Å²) in [5.41, 5.74) is 0. The van der Waals surface area contributed by atoms with Crippen molar-refractivity contribution in [3.63, 3.8) is 0 Å². The maximum absolute atomic E-state index is 12.2. The zero-order valence-electron chi connectivity index (χ0n) is 7.06. The molecule has 0 spiro atoms. The van der Waals surface area contributed by atoms with Crippen molar-refractivity contribution in [1.82, 2.24) is 4.90 Å². The minimum atomic E-state index is -2.68. The third-order valence-electron chi connectivity index (χ3n) is 2.22. The molecule has 0 bridgehead atoms. The molecule has 0 aromatic rings. The Morgan fingerprint density at radius 2 is 1.93 bits per heavy atom. The van der Waals surface area contributed by atoms with Crippen LogP contribution in [0.25, 0.3) is 0 Å². The molecule has 0 unspecified atom stereocenters. The summed E-state index contributed by atoms with van der Waals surface area (Å²) in [6.45, 7) is -0.413. The van der Waals surface area contributed by atoms with Gasteiger partial charge in [0.2, 0.25) is 6.43 Å². The van der Waals surface area contributed by atoms with Crippen LogP contribution in [0.2, 0.25) is 0 Å². The van der Waals surface area contributed by atoms with E-state index >= 15 is 0 Å². The molecule has 0 aromatic carbocycles. The lowest BCUT2D eigenvalue weighted by atomic mass is 10.1. The topological polar surface area (TPSA) is 77.8 Å². The van der Waals surface area contributed by atoms with Crippen molar-refractivity contribution < 1.29 is 28.6 Å². The highest BCUT2D eigenvalue weighted by Gasteiger charge is 2.43. The third-order valence-corrected chi connectivity index (χ3v) is 2.22. The summed E-state index contributed by atoms with van der Waals surface area (Å²) < 4.78 is 24.4. The Hall–Kier alpha value is -1.40. The van der Waals surface area contributed by atoms with Crippen LogP contribution in [0.15, 0.2) is 0 Å². The summed E-state index contributed by atoms with van der Waals surface area (Å²) in [4.78, 5) is 21.6. The van der Waals surface area contributed by atoms with Gasteiger partial charge in [0.15, 0.2) is 0 Å². The van der Waals surface area contributed by atoms with E-state index in [0.29, 0.717) is 4.90 Å². The molecule has 80 valence electrons. The van der Waals surface area contributed by atoms with E-state index in [9.17, 15) is 18.4 Å². The lowest BCUT2D eigenvalue weighted by Gasteiger charge is -2.16. The van der Waals surface area contributed by atoms with Crippen molar-refractivity contribution in [1.29, 1.82) is 0 Å². The molecule has 1 heterocycles. The number of aliphatic carboxylic acids is 1. The number of likely N-dealkylation sites (tertiary alicyclic amines) is 1. The Morgan fingerprint density at radius 3 is 2.21 bits per heavy atom. The summed E-state index contributed by atoms with van der Waals surface area (Å²) in [6, 6.07) is -1.34. The molecule has 1 rings (SSSR count). The van der Waals surface area contributed by atoms with Crippen molar-refractivity contribution in [2.75, 3.05) is 6.54 Å². The Balaban J connectivity index is 2.75. The second kappa shape index (κ2) is 3.77. The van der Waals surface area contributed by atoms with Crippen LogP contribution in [-0.4, -0.2) is 46.2 Å². The first kappa shape index (κ1) is 10.7. The number of amides is 1. The molecule has 2 N–H and O–H groups in total. The molecule has 1 fully saturated rings. The third kappa shape index (κ3) is 1.91. The summed E-state index contributed by atoms with van der Waals surface area (Å²) in [7, 11) is 0. The van der Waals surface area contributed by atoms with Gasteiger partial charge in [-0.3, -0.25) is 4.90 Å². The number of halogens is 2. The fraction of sp³-hybridized carbons (Fsp3) is 0.714. The highest BCUT2D eigenvalue weighted by molar-refractivity contribution is 5.80. The summed E-state index contributed by atoms with van der Waals surface area (Å²) in [5, 5.41) is 17.1. The van der Waals surface area contributed by atoms with E-state index in [2.05, 4.69) is 0 Å². The molecule has 14 heavy (non-hydrogen) atoms. The quantitative estimate of drug-likeness (QED) is 0.701. The molecule has 0 saturated carbocycles. The Labute approximate surface area is 77.9 Å². The largest absolute Gasteiger partial charge is 0.480 e. The second-order valence-corrected chi connectivity index (χ2v) is 3.12. The number of carbonyl (C=O) groups is 2. The molecule has 1 aliphatic heterocycles. The van der Waals surface area contributed by atoms with Gasteiger partial charge in [-0.25, -0.2) is 18.4 Å². The van der Waals surface area contributed by atoms with Crippen LogP contribution in [0.4, 0.5) is 13.6 Å². The second-order valence-electron chi connectivity index (χ2n) is 3.12. The average Bonchev–Trinajstić information content (AvgIpc) is 2.47. The number of rotatable bonds is 2. The van der Waals surface area contributed by atoms with Gasteiger partial charge in [0.25, 0.3) is 0 Å². The molecule has 1 amide bonds. The number of hydrogen-bond donors (Lipinski definition) is 2. The lowest BCUT2D eigenvalue weighted by molar-refractivity contribution is -0.141. The standard InChI is InChI=1S/C7H9F2NO4/c8-5(9)3-1-4(6(11)12)10(2-3)7(13)14/h3-5H,1-2H2,(H,11,12)(H,13,14)/t3-,4-/m0/s1. The molecule has 5 nitrogen and oxygen atoms in total. The van der Waals surface area contributed by atoms with Gasteiger partial charge in [-0.15, -0.1) is 0 Å². The molecule has 0 aromatic heterocycles. The highest BCUT2D eigenvalue weighted by Crippen LogP contribution is 2.28. The number of carboxylic acid groups (broad SMARTS) is 2. The minimum absolute atomic E-state index is 0.320. The first-order valence-electron chi connectivity index (χ1n) is 3.94. The van der Waals surface area contributed by atoms with Gasteiger partial charge in [-0.05, 0) is 6.42 Å². The normalized spacial score (nSPS) is 26.9. The van der Waals surface area contributed by atoms with Crippen molar-refractivity contribution >= 4 is 12.1 Å². The number of hydrogen-bond acceptors (Lipinski definition) is 2. The zero-order valence-corrected chi connectivity index (χ0v) is 7.06. The van der Waals surface area contributed by atoms with E-state index in [1.54, 1.807) is 0 Å². The summed E-state index contributed by atoms with van der Waals surface area (Å²) >= 11 is 0. The predicted molar refractivity (Wildman–Crippen MR) is 40.3 cm³/mol. The van der Waals surface area contributed by atoms with Crippen LogP contribution in [0.1, 0.15) is 6.42 Å². The Bertz CT molecular complexity index is 236.